The van der Waals surface area contributed by atoms with Crippen LogP contribution >= 0.6 is 0 Å². The molecule has 0 bridgehead atoms. The Balaban J connectivity index is 0.000000262. The molecule has 8 heteroatoms. The molecule has 2 rings (SSSR count). The maximum atomic E-state index is 11.0. The maximum absolute atomic E-state index is 11.0. The van der Waals surface area contributed by atoms with Crippen molar-refractivity contribution in [2.45, 2.75) is 57.2 Å². The minimum Gasteiger partial charge on any atom is -0.481 e. The van der Waals surface area contributed by atoms with Crippen molar-refractivity contribution in [3.05, 3.63) is 0 Å². The third-order valence-electron chi connectivity index (χ3n) is 3.03. The van der Waals surface area contributed by atoms with Crippen molar-refractivity contribution in [3.8, 4) is 0 Å². The summed E-state index contributed by atoms with van der Waals surface area (Å²) in [5.74, 6) is -1.68. The topological polar surface area (TPSA) is 130 Å². The highest BCUT2D eigenvalue weighted by atomic mass is 16.5. The zero-order chi connectivity index (χ0) is 16.0. The fraction of sp³-hybridized carbons (Fsp3) is 0.692. The molecule has 0 saturated carbocycles. The Bertz CT molecular complexity index is 430. The second kappa shape index (κ2) is 7.16. The van der Waals surface area contributed by atoms with E-state index in [1.165, 1.54) is 0 Å². The molecular formula is C13H19NO7. The number of carbonyl (C=O) groups is 4. The van der Waals surface area contributed by atoms with Crippen LogP contribution in [0.3, 0.4) is 0 Å². The van der Waals surface area contributed by atoms with Crippen molar-refractivity contribution < 1.29 is 34.1 Å². The van der Waals surface area contributed by atoms with Crippen molar-refractivity contribution in [2.24, 2.45) is 0 Å². The molecule has 3 N–H and O–H groups in total. The highest BCUT2D eigenvalue weighted by Crippen LogP contribution is 2.27. The number of aliphatic hydroxyl groups is 1. The number of cyclic esters (lactones) is 1. The van der Waals surface area contributed by atoms with Gasteiger partial charge in [0.1, 0.15) is 6.10 Å². The van der Waals surface area contributed by atoms with Gasteiger partial charge in [-0.2, -0.15) is 0 Å². The maximum Gasteiger partial charge on any atom is 0.308 e. The summed E-state index contributed by atoms with van der Waals surface area (Å²) in [4.78, 5) is 41.5. The first-order chi connectivity index (χ1) is 9.68. The normalized spacial score (nSPS) is 28.3. The molecule has 0 aromatic rings. The van der Waals surface area contributed by atoms with E-state index in [2.05, 4.69) is 5.32 Å². The van der Waals surface area contributed by atoms with E-state index in [1.807, 2.05) is 0 Å². The summed E-state index contributed by atoms with van der Waals surface area (Å²) in [5.41, 5.74) is -1.06. The average Bonchev–Trinajstić information content (AvgIpc) is 2.69. The number of rotatable bonds is 3. The van der Waals surface area contributed by atoms with Crippen molar-refractivity contribution in [2.75, 3.05) is 0 Å². The molecule has 8 nitrogen and oxygen atoms in total. The number of hydrogen-bond donors (Lipinski definition) is 3. The van der Waals surface area contributed by atoms with E-state index in [-0.39, 0.29) is 31.1 Å². The molecule has 2 unspecified atom stereocenters. The lowest BCUT2D eigenvalue weighted by Gasteiger charge is -2.32. The van der Waals surface area contributed by atoms with E-state index in [9.17, 15) is 24.3 Å². The summed E-state index contributed by atoms with van der Waals surface area (Å²) >= 11 is 0. The van der Waals surface area contributed by atoms with Crippen LogP contribution in [0.4, 0.5) is 0 Å². The smallest absolute Gasteiger partial charge is 0.308 e. The molecule has 2 aliphatic heterocycles. The monoisotopic (exact) mass is 301 g/mol. The first-order valence-corrected chi connectivity index (χ1v) is 6.64. The van der Waals surface area contributed by atoms with Crippen LogP contribution in [0.1, 0.15) is 45.4 Å². The predicted molar refractivity (Wildman–Crippen MR) is 69.0 cm³/mol. The van der Waals surface area contributed by atoms with Gasteiger partial charge in [0.25, 0.3) is 0 Å². The second-order valence-corrected chi connectivity index (χ2v) is 5.39. The number of aliphatic carboxylic acids is 1. The van der Waals surface area contributed by atoms with E-state index in [0.29, 0.717) is 19.3 Å². The molecule has 2 fully saturated rings. The zero-order valence-electron chi connectivity index (χ0n) is 11.8. The minimum atomic E-state index is -1.06. The number of nitrogens with one attached hydrogen (secondary N) is 1. The number of amides is 2. The number of hydrogen-bond acceptors (Lipinski definition) is 6. The van der Waals surface area contributed by atoms with E-state index in [4.69, 9.17) is 9.84 Å². The molecule has 2 heterocycles. The van der Waals surface area contributed by atoms with E-state index < -0.39 is 23.6 Å². The van der Waals surface area contributed by atoms with Crippen LogP contribution in [0, 0.1) is 0 Å². The van der Waals surface area contributed by atoms with E-state index >= 15 is 0 Å². The van der Waals surface area contributed by atoms with Gasteiger partial charge >= 0.3 is 11.9 Å². The largest absolute Gasteiger partial charge is 0.481 e. The molecule has 0 aromatic heterocycles. The van der Waals surface area contributed by atoms with E-state index in [1.54, 1.807) is 6.92 Å². The van der Waals surface area contributed by atoms with Crippen molar-refractivity contribution in [3.63, 3.8) is 0 Å². The van der Waals surface area contributed by atoms with Gasteiger partial charge in [-0.05, 0) is 13.3 Å². The highest BCUT2D eigenvalue weighted by molar-refractivity contribution is 6.01. The van der Waals surface area contributed by atoms with E-state index in [0.717, 1.165) is 0 Å². The van der Waals surface area contributed by atoms with Gasteiger partial charge in [-0.1, -0.05) is 0 Å². The van der Waals surface area contributed by atoms with Crippen LogP contribution in [0.15, 0.2) is 0 Å². The molecule has 2 saturated heterocycles. The fourth-order valence-corrected chi connectivity index (χ4v) is 2.10. The fourth-order valence-electron chi connectivity index (χ4n) is 2.10. The molecule has 2 atom stereocenters. The van der Waals surface area contributed by atoms with Gasteiger partial charge in [-0.3, -0.25) is 24.5 Å². The Morgan fingerprint density at radius 3 is 2.29 bits per heavy atom. The van der Waals surface area contributed by atoms with Crippen LogP contribution in [0.25, 0.3) is 0 Å². The third-order valence-corrected chi connectivity index (χ3v) is 3.03. The van der Waals surface area contributed by atoms with Gasteiger partial charge in [-0.15, -0.1) is 0 Å². The Kier molecular flexibility index (Phi) is 5.83. The lowest BCUT2D eigenvalue weighted by Crippen LogP contribution is -2.41. The summed E-state index contributed by atoms with van der Waals surface area (Å²) < 4.78 is 4.91. The summed E-state index contributed by atoms with van der Waals surface area (Å²) in [5, 5.41) is 20.2. The number of esters is 1. The molecular weight excluding hydrogens is 282 g/mol. The number of carbonyl (C=O) groups excluding carboxylic acids is 3. The average molecular weight is 301 g/mol. The number of ether oxygens (including phenoxy) is 1. The van der Waals surface area contributed by atoms with Gasteiger partial charge in [0, 0.05) is 25.7 Å². The van der Waals surface area contributed by atoms with Gasteiger partial charge < -0.3 is 14.9 Å². The van der Waals surface area contributed by atoms with Crippen LogP contribution < -0.4 is 5.32 Å². The van der Waals surface area contributed by atoms with Gasteiger partial charge in [0.2, 0.25) is 11.8 Å². The highest BCUT2D eigenvalue weighted by Gasteiger charge is 2.36. The SMILES string of the molecule is CC1(O)CC(=O)OC(CCC(=O)O)C1.O=C1CCC(=O)N1. The Morgan fingerprint density at radius 2 is 1.90 bits per heavy atom. The summed E-state index contributed by atoms with van der Waals surface area (Å²) in [7, 11) is 0. The third kappa shape index (κ3) is 6.84. The molecule has 2 aliphatic rings. The molecule has 0 aromatic carbocycles. The minimum absolute atomic E-state index is 0.0173. The number of carboxylic acid groups (broad SMARTS) is 1. The molecule has 0 spiro atoms. The van der Waals surface area contributed by atoms with Crippen LogP contribution in [0.5, 0.6) is 0 Å². The first kappa shape index (κ1) is 17.1. The van der Waals surface area contributed by atoms with Crippen LogP contribution in [0.2, 0.25) is 0 Å². The van der Waals surface area contributed by atoms with Crippen molar-refractivity contribution in [1.29, 1.82) is 0 Å². The second-order valence-electron chi connectivity index (χ2n) is 5.39. The summed E-state index contributed by atoms with van der Waals surface area (Å²) in [6.45, 7) is 1.56. The summed E-state index contributed by atoms with van der Waals surface area (Å²) in [6, 6.07) is 0. The number of carboxylic acids is 1. The molecule has 21 heavy (non-hydrogen) atoms. The Hall–Kier alpha value is -1.96. The molecule has 2 amide bonds. The zero-order valence-corrected chi connectivity index (χ0v) is 11.8. The van der Waals surface area contributed by atoms with Crippen LogP contribution in [-0.2, 0) is 23.9 Å². The first-order valence-electron chi connectivity index (χ1n) is 6.64. The predicted octanol–water partition coefficient (Wildman–Crippen LogP) is -0.269. The molecule has 0 aliphatic carbocycles. The quantitative estimate of drug-likeness (QED) is 0.483. The Labute approximate surface area is 121 Å². The molecule has 0 radical (unpaired) electrons. The van der Waals surface area contributed by atoms with Gasteiger partial charge in [0.15, 0.2) is 0 Å². The Morgan fingerprint density at radius 1 is 1.33 bits per heavy atom. The number of imide groups is 1. The standard InChI is InChI=1S/C9H14O5.C4H5NO2/c1-9(13)4-6(2-3-7(10)11)14-8(12)5-9;6-3-1-2-4(7)5-3/h6,13H,2-5H2,1H3,(H,10,11);1-2H2,(H,5,6,7). The summed E-state index contributed by atoms with van der Waals surface area (Å²) in [6.07, 6.45) is 0.785. The van der Waals surface area contributed by atoms with Crippen molar-refractivity contribution in [1.82, 2.24) is 5.32 Å². The van der Waals surface area contributed by atoms with Gasteiger partial charge in [0.05, 0.1) is 12.0 Å². The van der Waals surface area contributed by atoms with Gasteiger partial charge in [-0.25, -0.2) is 0 Å². The van der Waals surface area contributed by atoms with Crippen molar-refractivity contribution >= 4 is 23.8 Å². The lowest BCUT2D eigenvalue weighted by molar-refractivity contribution is -0.169. The lowest BCUT2D eigenvalue weighted by atomic mass is 9.90. The van der Waals surface area contributed by atoms with Crippen LogP contribution in [-0.4, -0.2) is 45.7 Å². The molecule has 118 valence electrons.